The molecule has 1 unspecified atom stereocenters. The SMILES string of the molecule is O=C(Nc1ccc2c(c1)OC1(CCCCC1)O2)C1Cc2ccccc2O1. The highest BCUT2D eigenvalue weighted by Crippen LogP contribution is 2.46. The molecule has 1 atom stereocenters. The van der Waals surface area contributed by atoms with Crippen molar-refractivity contribution in [1.29, 1.82) is 0 Å². The van der Waals surface area contributed by atoms with Crippen LogP contribution in [0.5, 0.6) is 17.2 Å². The van der Waals surface area contributed by atoms with Crippen LogP contribution >= 0.6 is 0 Å². The van der Waals surface area contributed by atoms with Crippen LogP contribution in [-0.2, 0) is 11.2 Å². The zero-order chi connectivity index (χ0) is 17.6. The summed E-state index contributed by atoms with van der Waals surface area (Å²) in [7, 11) is 0. The van der Waals surface area contributed by atoms with Crippen molar-refractivity contribution in [2.45, 2.75) is 50.4 Å². The molecule has 5 nitrogen and oxygen atoms in total. The fraction of sp³-hybridized carbons (Fsp3) is 0.381. The third-order valence-electron chi connectivity index (χ3n) is 5.36. The first kappa shape index (κ1) is 15.6. The van der Waals surface area contributed by atoms with Crippen LogP contribution in [0.3, 0.4) is 0 Å². The minimum absolute atomic E-state index is 0.146. The van der Waals surface area contributed by atoms with E-state index >= 15 is 0 Å². The Bertz CT molecular complexity index is 832. The van der Waals surface area contributed by atoms with Gasteiger partial charge >= 0.3 is 0 Å². The second kappa shape index (κ2) is 5.94. The number of ether oxygens (including phenoxy) is 3. The van der Waals surface area contributed by atoms with E-state index in [2.05, 4.69) is 5.32 Å². The molecule has 5 rings (SSSR count). The molecule has 0 saturated heterocycles. The molecule has 134 valence electrons. The number of hydrogen-bond acceptors (Lipinski definition) is 4. The van der Waals surface area contributed by atoms with Gasteiger partial charge in [-0.15, -0.1) is 0 Å². The van der Waals surface area contributed by atoms with Crippen LogP contribution in [0.1, 0.15) is 37.7 Å². The van der Waals surface area contributed by atoms with Gasteiger partial charge in [0, 0.05) is 31.0 Å². The molecule has 1 N–H and O–H groups in total. The van der Waals surface area contributed by atoms with Gasteiger partial charge in [-0.1, -0.05) is 24.6 Å². The Morgan fingerprint density at radius 2 is 1.77 bits per heavy atom. The second-order valence-electron chi connectivity index (χ2n) is 7.24. The lowest BCUT2D eigenvalue weighted by molar-refractivity contribution is -0.122. The molecule has 2 heterocycles. The summed E-state index contributed by atoms with van der Waals surface area (Å²) in [5, 5.41) is 2.94. The normalized spacial score (nSPS) is 21.9. The number of carbonyl (C=O) groups is 1. The minimum Gasteiger partial charge on any atom is -0.480 e. The molecule has 1 spiro atoms. The predicted molar refractivity (Wildman–Crippen MR) is 96.7 cm³/mol. The summed E-state index contributed by atoms with van der Waals surface area (Å²) >= 11 is 0. The molecule has 2 aromatic rings. The molecule has 3 aliphatic rings. The van der Waals surface area contributed by atoms with E-state index in [0.29, 0.717) is 17.9 Å². The van der Waals surface area contributed by atoms with E-state index in [-0.39, 0.29) is 5.91 Å². The summed E-state index contributed by atoms with van der Waals surface area (Å²) in [5.74, 6) is 1.61. The van der Waals surface area contributed by atoms with Gasteiger partial charge < -0.3 is 19.5 Å². The van der Waals surface area contributed by atoms with E-state index in [1.807, 2.05) is 42.5 Å². The number of benzene rings is 2. The van der Waals surface area contributed by atoms with Crippen molar-refractivity contribution in [2.24, 2.45) is 0 Å². The predicted octanol–water partition coefficient (Wildman–Crippen LogP) is 4.06. The molecule has 1 fully saturated rings. The molecule has 1 saturated carbocycles. The summed E-state index contributed by atoms with van der Waals surface area (Å²) in [6, 6.07) is 13.3. The van der Waals surface area contributed by atoms with E-state index in [4.69, 9.17) is 14.2 Å². The Morgan fingerprint density at radius 3 is 2.62 bits per heavy atom. The van der Waals surface area contributed by atoms with Crippen LogP contribution in [0, 0.1) is 0 Å². The fourth-order valence-electron chi connectivity index (χ4n) is 4.02. The maximum atomic E-state index is 12.6. The summed E-state index contributed by atoms with van der Waals surface area (Å²) in [6.45, 7) is 0. The number of carbonyl (C=O) groups excluding carboxylic acids is 1. The van der Waals surface area contributed by atoms with Crippen molar-refractivity contribution in [3.05, 3.63) is 48.0 Å². The molecule has 0 radical (unpaired) electrons. The van der Waals surface area contributed by atoms with Crippen LogP contribution in [0.2, 0.25) is 0 Å². The largest absolute Gasteiger partial charge is 0.480 e. The molecule has 5 heteroatoms. The van der Waals surface area contributed by atoms with Crippen LogP contribution in [0.15, 0.2) is 42.5 Å². The van der Waals surface area contributed by atoms with Crippen molar-refractivity contribution in [2.75, 3.05) is 5.32 Å². The van der Waals surface area contributed by atoms with Gasteiger partial charge in [-0.05, 0) is 36.6 Å². The van der Waals surface area contributed by atoms with Crippen LogP contribution < -0.4 is 19.5 Å². The summed E-state index contributed by atoms with van der Waals surface area (Å²) < 4.78 is 18.0. The van der Waals surface area contributed by atoms with E-state index < -0.39 is 11.9 Å². The van der Waals surface area contributed by atoms with Crippen LogP contribution in [-0.4, -0.2) is 17.8 Å². The smallest absolute Gasteiger partial charge is 0.265 e. The Morgan fingerprint density at radius 1 is 0.962 bits per heavy atom. The van der Waals surface area contributed by atoms with Crippen molar-refractivity contribution in [3.63, 3.8) is 0 Å². The van der Waals surface area contributed by atoms with E-state index in [9.17, 15) is 4.79 Å². The van der Waals surface area contributed by atoms with Gasteiger partial charge in [-0.3, -0.25) is 4.79 Å². The molecule has 1 amide bonds. The molecule has 2 aliphatic heterocycles. The number of para-hydroxylation sites is 1. The van der Waals surface area contributed by atoms with E-state index in [0.717, 1.165) is 42.7 Å². The second-order valence-corrected chi connectivity index (χ2v) is 7.24. The molecule has 2 aromatic carbocycles. The lowest BCUT2D eigenvalue weighted by Gasteiger charge is -2.31. The number of fused-ring (bicyclic) bond motifs is 2. The maximum absolute atomic E-state index is 12.6. The Hall–Kier alpha value is -2.69. The average Bonchev–Trinajstić information content (AvgIpc) is 3.23. The van der Waals surface area contributed by atoms with Crippen LogP contribution in [0.25, 0.3) is 0 Å². The van der Waals surface area contributed by atoms with Crippen molar-refractivity contribution in [1.82, 2.24) is 0 Å². The topological polar surface area (TPSA) is 56.8 Å². The quantitative estimate of drug-likeness (QED) is 0.886. The van der Waals surface area contributed by atoms with Gasteiger partial charge in [0.15, 0.2) is 17.6 Å². The van der Waals surface area contributed by atoms with Crippen molar-refractivity contribution >= 4 is 11.6 Å². The molecule has 1 aliphatic carbocycles. The first-order chi connectivity index (χ1) is 12.7. The number of anilines is 1. The highest BCUT2D eigenvalue weighted by Gasteiger charge is 2.42. The standard InChI is InChI=1S/C21H21NO4/c23-20(19-12-14-6-2-3-7-16(14)24-19)22-15-8-9-17-18(13-15)26-21(25-17)10-4-1-5-11-21/h2-3,6-9,13,19H,1,4-5,10-12H2,(H,22,23). The summed E-state index contributed by atoms with van der Waals surface area (Å²) in [4.78, 5) is 12.6. The van der Waals surface area contributed by atoms with Gasteiger partial charge in [0.05, 0.1) is 0 Å². The zero-order valence-electron chi connectivity index (χ0n) is 14.5. The highest BCUT2D eigenvalue weighted by molar-refractivity contribution is 5.95. The lowest BCUT2D eigenvalue weighted by Crippen LogP contribution is -2.40. The monoisotopic (exact) mass is 351 g/mol. The summed E-state index contributed by atoms with van der Waals surface area (Å²) in [6.07, 6.45) is 5.40. The highest BCUT2D eigenvalue weighted by atomic mass is 16.7. The number of nitrogens with one attached hydrogen (secondary N) is 1. The number of amides is 1. The molecule has 0 bridgehead atoms. The third kappa shape index (κ3) is 2.68. The Labute approximate surface area is 152 Å². The summed E-state index contributed by atoms with van der Waals surface area (Å²) in [5.41, 5.74) is 1.77. The van der Waals surface area contributed by atoms with Gasteiger partial charge in [-0.25, -0.2) is 0 Å². The van der Waals surface area contributed by atoms with Gasteiger partial charge in [-0.2, -0.15) is 0 Å². The van der Waals surface area contributed by atoms with Gasteiger partial charge in [0.2, 0.25) is 0 Å². The van der Waals surface area contributed by atoms with E-state index in [1.165, 1.54) is 6.42 Å². The third-order valence-corrected chi connectivity index (χ3v) is 5.36. The molecule has 0 aromatic heterocycles. The molecular formula is C21H21NO4. The number of rotatable bonds is 2. The lowest BCUT2D eigenvalue weighted by atomic mass is 9.94. The Balaban J connectivity index is 1.28. The first-order valence-corrected chi connectivity index (χ1v) is 9.28. The van der Waals surface area contributed by atoms with Crippen LogP contribution in [0.4, 0.5) is 5.69 Å². The Kier molecular flexibility index (Phi) is 3.55. The minimum atomic E-state index is -0.501. The fourth-order valence-corrected chi connectivity index (χ4v) is 4.02. The van der Waals surface area contributed by atoms with Crippen molar-refractivity contribution < 1.29 is 19.0 Å². The zero-order valence-corrected chi connectivity index (χ0v) is 14.5. The first-order valence-electron chi connectivity index (χ1n) is 9.28. The van der Waals surface area contributed by atoms with Gasteiger partial charge in [0.25, 0.3) is 11.7 Å². The van der Waals surface area contributed by atoms with Gasteiger partial charge in [0.1, 0.15) is 5.75 Å². The molecule has 26 heavy (non-hydrogen) atoms. The average molecular weight is 351 g/mol. The van der Waals surface area contributed by atoms with Crippen molar-refractivity contribution in [3.8, 4) is 17.2 Å². The maximum Gasteiger partial charge on any atom is 0.265 e. The van der Waals surface area contributed by atoms with E-state index in [1.54, 1.807) is 0 Å². The molecular weight excluding hydrogens is 330 g/mol. The number of hydrogen-bond donors (Lipinski definition) is 1.